The molecule has 0 atom stereocenters. The van der Waals surface area contributed by atoms with Crippen molar-refractivity contribution in [3.05, 3.63) is 82.1 Å². The molecule has 0 spiro atoms. The highest BCUT2D eigenvalue weighted by Gasteiger charge is 2.07. The van der Waals surface area contributed by atoms with E-state index in [1.165, 1.54) is 0 Å². The molecule has 2 N–H and O–H groups in total. The monoisotopic (exact) mass is 368 g/mol. The molecule has 132 valence electrons. The summed E-state index contributed by atoms with van der Waals surface area (Å²) in [6.45, 7) is 2.22. The minimum atomic E-state index is -0.370. The SMILES string of the molecule is Cc1cc(C(=O)NN=Cc2ccc(OCc3ccccc3Cl)cc2)n[nH]1. The van der Waals surface area contributed by atoms with E-state index < -0.39 is 0 Å². The minimum Gasteiger partial charge on any atom is -0.489 e. The Kier molecular flexibility index (Phi) is 5.66. The van der Waals surface area contributed by atoms with Gasteiger partial charge in [0, 0.05) is 16.3 Å². The Hall–Kier alpha value is -3.12. The maximum absolute atomic E-state index is 11.8. The standard InChI is InChI=1S/C19H17ClN4O2/c1-13-10-18(23-22-13)19(25)24-21-11-14-6-8-16(9-7-14)26-12-15-4-2-3-5-17(15)20/h2-11H,12H2,1H3,(H,22,23)(H,24,25). The molecule has 0 aliphatic carbocycles. The first kappa shape index (κ1) is 17.7. The topological polar surface area (TPSA) is 79.4 Å². The van der Waals surface area contributed by atoms with Crippen molar-refractivity contribution in [3.63, 3.8) is 0 Å². The normalized spacial score (nSPS) is 10.8. The number of carbonyl (C=O) groups is 1. The average molecular weight is 369 g/mol. The summed E-state index contributed by atoms with van der Waals surface area (Å²) in [5.41, 5.74) is 5.29. The predicted molar refractivity (Wildman–Crippen MR) is 101 cm³/mol. The summed E-state index contributed by atoms with van der Waals surface area (Å²) < 4.78 is 5.72. The number of ether oxygens (including phenoxy) is 1. The van der Waals surface area contributed by atoms with Crippen LogP contribution in [-0.2, 0) is 6.61 Å². The van der Waals surface area contributed by atoms with Crippen molar-refractivity contribution in [2.75, 3.05) is 0 Å². The zero-order chi connectivity index (χ0) is 18.4. The number of carbonyl (C=O) groups excluding carboxylic acids is 1. The predicted octanol–water partition coefficient (Wildman–Crippen LogP) is 3.71. The van der Waals surface area contributed by atoms with Crippen LogP contribution in [0.25, 0.3) is 0 Å². The van der Waals surface area contributed by atoms with E-state index in [0.29, 0.717) is 17.3 Å². The van der Waals surface area contributed by atoms with E-state index in [-0.39, 0.29) is 5.91 Å². The molecule has 0 fully saturated rings. The average Bonchev–Trinajstić information content (AvgIpc) is 3.09. The van der Waals surface area contributed by atoms with Crippen molar-refractivity contribution in [2.45, 2.75) is 13.5 Å². The molecule has 6 nitrogen and oxygen atoms in total. The van der Waals surface area contributed by atoms with E-state index in [0.717, 1.165) is 22.6 Å². The Morgan fingerprint density at radius 1 is 1.27 bits per heavy atom. The number of benzene rings is 2. The summed E-state index contributed by atoms with van der Waals surface area (Å²) >= 11 is 6.11. The molecule has 3 rings (SSSR count). The molecule has 1 heterocycles. The highest BCUT2D eigenvalue weighted by Crippen LogP contribution is 2.18. The smallest absolute Gasteiger partial charge is 0.291 e. The van der Waals surface area contributed by atoms with E-state index in [4.69, 9.17) is 16.3 Å². The number of hydrogen-bond donors (Lipinski definition) is 2. The van der Waals surface area contributed by atoms with Gasteiger partial charge in [0.1, 0.15) is 12.4 Å². The Balaban J connectivity index is 1.52. The van der Waals surface area contributed by atoms with Gasteiger partial charge in [-0.1, -0.05) is 29.8 Å². The van der Waals surface area contributed by atoms with Gasteiger partial charge in [-0.15, -0.1) is 0 Å². The van der Waals surface area contributed by atoms with Gasteiger partial charge in [-0.3, -0.25) is 9.89 Å². The Labute approximate surface area is 155 Å². The highest BCUT2D eigenvalue weighted by molar-refractivity contribution is 6.31. The van der Waals surface area contributed by atoms with E-state index >= 15 is 0 Å². The molecule has 0 saturated carbocycles. The third-order valence-electron chi connectivity index (χ3n) is 3.55. The number of H-pyrrole nitrogens is 1. The lowest BCUT2D eigenvalue weighted by Gasteiger charge is -2.07. The number of halogens is 1. The molecule has 26 heavy (non-hydrogen) atoms. The molecular formula is C19H17ClN4O2. The summed E-state index contributed by atoms with van der Waals surface area (Å²) in [5, 5.41) is 11.2. The van der Waals surface area contributed by atoms with Gasteiger partial charge in [0.25, 0.3) is 5.91 Å². The van der Waals surface area contributed by atoms with Crippen LogP contribution in [0.2, 0.25) is 5.02 Å². The van der Waals surface area contributed by atoms with Crippen molar-refractivity contribution < 1.29 is 9.53 Å². The first-order valence-corrected chi connectivity index (χ1v) is 8.31. The summed E-state index contributed by atoms with van der Waals surface area (Å²) in [5.74, 6) is 0.350. The van der Waals surface area contributed by atoms with Crippen LogP contribution in [0.5, 0.6) is 5.75 Å². The fraction of sp³-hybridized carbons (Fsp3) is 0.105. The number of hydrogen-bond acceptors (Lipinski definition) is 4. The van der Waals surface area contributed by atoms with Gasteiger partial charge >= 0.3 is 0 Å². The highest BCUT2D eigenvalue weighted by atomic mass is 35.5. The molecule has 0 unspecified atom stereocenters. The van der Waals surface area contributed by atoms with Crippen molar-refractivity contribution in [3.8, 4) is 5.75 Å². The van der Waals surface area contributed by atoms with Crippen LogP contribution in [0, 0.1) is 6.92 Å². The van der Waals surface area contributed by atoms with Crippen LogP contribution in [0.1, 0.15) is 27.3 Å². The second-order valence-electron chi connectivity index (χ2n) is 5.58. The first-order chi connectivity index (χ1) is 12.6. The van der Waals surface area contributed by atoms with Gasteiger partial charge in [0.15, 0.2) is 5.69 Å². The zero-order valence-corrected chi connectivity index (χ0v) is 14.8. The minimum absolute atomic E-state index is 0.294. The zero-order valence-electron chi connectivity index (χ0n) is 14.1. The number of hydrazone groups is 1. The number of rotatable bonds is 6. The van der Waals surface area contributed by atoms with Crippen molar-refractivity contribution in [2.24, 2.45) is 5.10 Å². The molecule has 0 saturated heterocycles. The molecule has 0 aliphatic rings. The maximum Gasteiger partial charge on any atom is 0.291 e. The largest absolute Gasteiger partial charge is 0.489 e. The van der Waals surface area contributed by atoms with Crippen molar-refractivity contribution in [1.82, 2.24) is 15.6 Å². The van der Waals surface area contributed by atoms with Crippen molar-refractivity contribution in [1.29, 1.82) is 0 Å². The van der Waals surface area contributed by atoms with Gasteiger partial charge in [-0.05, 0) is 48.9 Å². The van der Waals surface area contributed by atoms with Crippen molar-refractivity contribution >= 4 is 23.7 Å². The summed E-state index contributed by atoms with van der Waals surface area (Å²) in [6.07, 6.45) is 1.55. The number of amides is 1. The summed E-state index contributed by atoms with van der Waals surface area (Å²) in [4.78, 5) is 11.8. The molecular weight excluding hydrogens is 352 g/mol. The van der Waals surface area contributed by atoms with Gasteiger partial charge in [0.2, 0.25) is 0 Å². The number of aromatic amines is 1. The van der Waals surface area contributed by atoms with Crippen LogP contribution < -0.4 is 10.2 Å². The van der Waals surface area contributed by atoms with Gasteiger partial charge in [-0.2, -0.15) is 10.2 Å². The third kappa shape index (κ3) is 4.70. The fourth-order valence-electron chi connectivity index (χ4n) is 2.18. The van der Waals surface area contributed by atoms with Crippen LogP contribution in [0.4, 0.5) is 0 Å². The lowest BCUT2D eigenvalue weighted by Crippen LogP contribution is -2.17. The van der Waals surface area contributed by atoms with E-state index in [1.807, 2.05) is 55.5 Å². The molecule has 3 aromatic rings. The van der Waals surface area contributed by atoms with Gasteiger partial charge < -0.3 is 4.74 Å². The van der Waals surface area contributed by atoms with Crippen LogP contribution in [0.3, 0.4) is 0 Å². The molecule has 1 amide bonds. The van der Waals surface area contributed by atoms with Gasteiger partial charge in [-0.25, -0.2) is 5.43 Å². The first-order valence-electron chi connectivity index (χ1n) is 7.93. The molecule has 0 bridgehead atoms. The molecule has 1 aromatic heterocycles. The van der Waals surface area contributed by atoms with Gasteiger partial charge in [0.05, 0.1) is 6.21 Å². The quantitative estimate of drug-likeness (QED) is 0.514. The Morgan fingerprint density at radius 3 is 2.73 bits per heavy atom. The summed E-state index contributed by atoms with van der Waals surface area (Å²) in [6, 6.07) is 16.6. The molecule has 7 heteroatoms. The summed E-state index contributed by atoms with van der Waals surface area (Å²) in [7, 11) is 0. The van der Waals surface area contributed by atoms with Crippen LogP contribution in [-0.4, -0.2) is 22.3 Å². The second kappa shape index (κ2) is 8.31. The molecule has 2 aromatic carbocycles. The van der Waals surface area contributed by atoms with Crippen LogP contribution >= 0.6 is 11.6 Å². The molecule has 0 radical (unpaired) electrons. The Bertz CT molecular complexity index is 919. The lowest BCUT2D eigenvalue weighted by molar-refractivity contribution is 0.0950. The molecule has 0 aliphatic heterocycles. The number of nitrogens with one attached hydrogen (secondary N) is 2. The second-order valence-corrected chi connectivity index (χ2v) is 5.99. The van der Waals surface area contributed by atoms with E-state index in [9.17, 15) is 4.79 Å². The third-order valence-corrected chi connectivity index (χ3v) is 3.92. The fourth-order valence-corrected chi connectivity index (χ4v) is 2.37. The maximum atomic E-state index is 11.8. The number of aromatic nitrogens is 2. The number of aryl methyl sites for hydroxylation is 1. The Morgan fingerprint density at radius 2 is 2.04 bits per heavy atom. The lowest BCUT2D eigenvalue weighted by atomic mass is 10.2. The van der Waals surface area contributed by atoms with Crippen LogP contribution in [0.15, 0.2) is 59.7 Å². The van der Waals surface area contributed by atoms with E-state index in [1.54, 1.807) is 12.3 Å². The van der Waals surface area contributed by atoms with E-state index in [2.05, 4.69) is 20.7 Å². The number of nitrogens with zero attached hydrogens (tertiary/aromatic N) is 2.